The van der Waals surface area contributed by atoms with Crippen molar-refractivity contribution in [3.05, 3.63) is 127 Å². The lowest BCUT2D eigenvalue weighted by atomic mass is 9.99. The van der Waals surface area contributed by atoms with Crippen LogP contribution >= 0.6 is 0 Å². The Labute approximate surface area is 273 Å². The third-order valence-corrected chi connectivity index (χ3v) is 6.93. The number of carbonyl (C=O) groups excluding carboxylic acids is 4. The third kappa shape index (κ3) is 10.7. The average molecular weight is 637 g/mol. The van der Waals surface area contributed by atoms with Crippen LogP contribution in [0.25, 0.3) is 10.8 Å². The summed E-state index contributed by atoms with van der Waals surface area (Å²) in [6, 6.07) is 24.2. The van der Waals surface area contributed by atoms with E-state index < -0.39 is 17.9 Å². The lowest BCUT2D eigenvalue weighted by Crippen LogP contribution is -2.08. The first-order valence-electron chi connectivity index (χ1n) is 15.2. The molecule has 0 aliphatic heterocycles. The number of ether oxygens (including phenoxy) is 5. The zero-order valence-corrected chi connectivity index (χ0v) is 26.0. The Morgan fingerprint density at radius 1 is 0.511 bits per heavy atom. The summed E-state index contributed by atoms with van der Waals surface area (Å²) in [4.78, 5) is 48.1. The van der Waals surface area contributed by atoms with Crippen molar-refractivity contribution in [2.75, 3.05) is 26.4 Å². The number of fused-ring (bicyclic) bond motifs is 1. The van der Waals surface area contributed by atoms with Crippen LogP contribution in [0.4, 0.5) is 0 Å². The number of benzene rings is 4. The Morgan fingerprint density at radius 3 is 1.47 bits per heavy atom. The van der Waals surface area contributed by atoms with Gasteiger partial charge in [-0.25, -0.2) is 14.4 Å². The van der Waals surface area contributed by atoms with Gasteiger partial charge in [-0.3, -0.25) is 4.79 Å². The van der Waals surface area contributed by atoms with Crippen molar-refractivity contribution in [1.29, 1.82) is 0 Å². The first kappa shape index (κ1) is 34.2. The van der Waals surface area contributed by atoms with Crippen molar-refractivity contribution in [2.24, 2.45) is 0 Å². The molecule has 242 valence electrons. The van der Waals surface area contributed by atoms with Crippen molar-refractivity contribution < 1.29 is 42.9 Å². The Hall–Kier alpha value is -5.70. The molecule has 0 heterocycles. The van der Waals surface area contributed by atoms with Crippen LogP contribution in [0.15, 0.2) is 110 Å². The maximum absolute atomic E-state index is 13.2. The van der Waals surface area contributed by atoms with Gasteiger partial charge in [-0.1, -0.05) is 31.4 Å². The molecule has 0 bridgehead atoms. The van der Waals surface area contributed by atoms with Gasteiger partial charge in [-0.2, -0.15) is 0 Å². The summed E-state index contributed by atoms with van der Waals surface area (Å²) in [5, 5.41) is 1.61. The van der Waals surface area contributed by atoms with E-state index in [9.17, 15) is 19.2 Å². The Morgan fingerprint density at radius 2 is 0.936 bits per heavy atom. The predicted octanol–water partition coefficient (Wildman–Crippen LogP) is 7.07. The summed E-state index contributed by atoms with van der Waals surface area (Å²) in [6.45, 7) is 8.24. The molecule has 47 heavy (non-hydrogen) atoms. The van der Waals surface area contributed by atoms with Gasteiger partial charge in [0.05, 0.1) is 32.0 Å². The summed E-state index contributed by atoms with van der Waals surface area (Å²) < 4.78 is 26.8. The molecule has 0 unspecified atom stereocenters. The summed E-state index contributed by atoms with van der Waals surface area (Å²) >= 11 is 0. The molecular formula is C38H36O9. The Bertz CT molecular complexity index is 1710. The molecule has 0 radical (unpaired) electrons. The maximum Gasteiger partial charge on any atom is 0.343 e. The molecule has 0 N–H and O–H groups in total. The van der Waals surface area contributed by atoms with Crippen molar-refractivity contribution in [3.63, 3.8) is 0 Å². The second-order valence-corrected chi connectivity index (χ2v) is 10.3. The molecule has 4 aromatic rings. The Balaban J connectivity index is 1.25. The quantitative estimate of drug-likeness (QED) is 0.0372. The van der Waals surface area contributed by atoms with Gasteiger partial charge >= 0.3 is 17.9 Å². The van der Waals surface area contributed by atoms with E-state index in [-0.39, 0.29) is 5.78 Å². The Kier molecular flexibility index (Phi) is 12.9. The summed E-state index contributed by atoms with van der Waals surface area (Å²) in [7, 11) is 0. The van der Waals surface area contributed by atoms with Gasteiger partial charge < -0.3 is 23.7 Å². The average Bonchev–Trinajstić information content (AvgIpc) is 3.11. The molecule has 9 heteroatoms. The largest absolute Gasteiger partial charge is 0.494 e. The molecule has 0 saturated heterocycles. The lowest BCUT2D eigenvalue weighted by Gasteiger charge is -2.09. The minimum absolute atomic E-state index is 0.132. The number of esters is 3. The zero-order valence-electron chi connectivity index (χ0n) is 26.0. The van der Waals surface area contributed by atoms with Gasteiger partial charge in [-0.05, 0) is 103 Å². The van der Waals surface area contributed by atoms with E-state index in [2.05, 4.69) is 13.2 Å². The highest BCUT2D eigenvalue weighted by Gasteiger charge is 2.13. The minimum Gasteiger partial charge on any atom is -0.494 e. The molecule has 0 aromatic heterocycles. The molecule has 4 rings (SSSR count). The summed E-state index contributed by atoms with van der Waals surface area (Å²) in [5.41, 5.74) is 1.42. The number of ketones is 1. The molecule has 0 aliphatic rings. The third-order valence-electron chi connectivity index (χ3n) is 6.93. The highest BCUT2D eigenvalue weighted by atomic mass is 16.5. The standard InChI is InChI=1S/C38H36O9/c1-3-35(39)45-23-7-5-21-43-32-15-13-27(14-16-32)37(41)30-11-9-29-26-31(12-10-28(29)25-30)38(42)47-34-19-17-33(18-20-34)44-22-6-8-24-46-36(40)4-2/h3-4,9-20,25-26H,1-2,5-8,21-24H2. The number of unbranched alkanes of at least 4 members (excludes halogenated alkanes) is 2. The van der Waals surface area contributed by atoms with Gasteiger partial charge in [0.1, 0.15) is 17.2 Å². The van der Waals surface area contributed by atoms with Crippen molar-refractivity contribution >= 4 is 34.5 Å². The maximum atomic E-state index is 13.2. The monoisotopic (exact) mass is 636 g/mol. The van der Waals surface area contributed by atoms with Crippen molar-refractivity contribution in [1.82, 2.24) is 0 Å². The predicted molar refractivity (Wildman–Crippen MR) is 177 cm³/mol. The van der Waals surface area contributed by atoms with Crippen LogP contribution in [0.1, 0.15) is 52.0 Å². The fraction of sp³-hybridized carbons (Fsp3) is 0.211. The van der Waals surface area contributed by atoms with E-state index in [0.29, 0.717) is 86.0 Å². The van der Waals surface area contributed by atoms with Gasteiger partial charge in [0, 0.05) is 23.3 Å². The second kappa shape index (κ2) is 17.7. The second-order valence-electron chi connectivity index (χ2n) is 10.3. The van der Waals surface area contributed by atoms with Crippen LogP contribution in [0.5, 0.6) is 17.2 Å². The summed E-state index contributed by atoms with van der Waals surface area (Å²) in [6.07, 6.45) is 5.03. The minimum atomic E-state index is -0.506. The molecule has 0 atom stereocenters. The number of hydrogen-bond donors (Lipinski definition) is 0. The van der Waals surface area contributed by atoms with Crippen LogP contribution in [0.2, 0.25) is 0 Å². The van der Waals surface area contributed by atoms with Crippen LogP contribution in [-0.2, 0) is 19.1 Å². The van der Waals surface area contributed by atoms with E-state index in [1.54, 1.807) is 84.9 Å². The van der Waals surface area contributed by atoms with E-state index >= 15 is 0 Å². The van der Waals surface area contributed by atoms with Gasteiger partial charge in [0.15, 0.2) is 5.78 Å². The van der Waals surface area contributed by atoms with E-state index in [1.807, 2.05) is 0 Å². The van der Waals surface area contributed by atoms with Gasteiger partial charge in [0.2, 0.25) is 0 Å². The molecule has 0 amide bonds. The highest BCUT2D eigenvalue weighted by Crippen LogP contribution is 2.23. The number of hydrogen-bond acceptors (Lipinski definition) is 9. The molecule has 0 fully saturated rings. The fourth-order valence-electron chi connectivity index (χ4n) is 4.40. The van der Waals surface area contributed by atoms with Gasteiger partial charge in [0.25, 0.3) is 0 Å². The number of carbonyl (C=O) groups is 4. The van der Waals surface area contributed by atoms with Crippen molar-refractivity contribution in [3.8, 4) is 17.2 Å². The van der Waals surface area contributed by atoms with E-state index in [0.717, 1.165) is 22.9 Å². The smallest absolute Gasteiger partial charge is 0.343 e. The molecular weight excluding hydrogens is 600 g/mol. The van der Waals surface area contributed by atoms with E-state index in [1.165, 1.54) is 0 Å². The molecule has 0 aliphatic carbocycles. The normalized spacial score (nSPS) is 10.5. The first-order valence-corrected chi connectivity index (χ1v) is 15.2. The SMILES string of the molecule is C=CC(=O)OCCCCOc1ccc(OC(=O)c2ccc3cc(C(=O)c4ccc(OCCCCOC(=O)C=C)cc4)ccc3c2)cc1. The van der Waals surface area contributed by atoms with Crippen molar-refractivity contribution in [2.45, 2.75) is 25.7 Å². The summed E-state index contributed by atoms with van der Waals surface area (Å²) in [5.74, 6) is 0.131. The molecule has 4 aromatic carbocycles. The molecule has 0 spiro atoms. The topological polar surface area (TPSA) is 114 Å². The number of rotatable bonds is 18. The van der Waals surface area contributed by atoms with Crippen LogP contribution in [0, 0.1) is 0 Å². The van der Waals surface area contributed by atoms with Crippen LogP contribution < -0.4 is 14.2 Å². The fourth-order valence-corrected chi connectivity index (χ4v) is 4.40. The molecule has 0 saturated carbocycles. The molecule has 9 nitrogen and oxygen atoms in total. The van der Waals surface area contributed by atoms with E-state index in [4.69, 9.17) is 23.7 Å². The zero-order chi connectivity index (χ0) is 33.4. The van der Waals surface area contributed by atoms with Gasteiger partial charge in [-0.15, -0.1) is 0 Å². The highest BCUT2D eigenvalue weighted by molar-refractivity contribution is 6.11. The lowest BCUT2D eigenvalue weighted by molar-refractivity contribution is -0.138. The van der Waals surface area contributed by atoms with Crippen LogP contribution in [-0.4, -0.2) is 50.1 Å². The first-order chi connectivity index (χ1) is 22.9. The van der Waals surface area contributed by atoms with Crippen LogP contribution in [0.3, 0.4) is 0 Å².